The maximum atomic E-state index is 5.26. The summed E-state index contributed by atoms with van der Waals surface area (Å²) in [6.45, 7) is 4.19. The molecule has 0 radical (unpaired) electrons. The van der Waals surface area contributed by atoms with Gasteiger partial charge in [0.15, 0.2) is 0 Å². The Morgan fingerprint density at radius 2 is 2.00 bits per heavy atom. The zero-order valence-corrected chi connectivity index (χ0v) is 12.2. The Morgan fingerprint density at radius 3 is 2.47 bits per heavy atom. The van der Waals surface area contributed by atoms with Gasteiger partial charge in [-0.1, -0.05) is 6.07 Å². The van der Waals surface area contributed by atoms with Crippen LogP contribution in [0.1, 0.15) is 28.4 Å². The van der Waals surface area contributed by atoms with Crippen molar-refractivity contribution in [2.75, 3.05) is 14.2 Å². The Hall–Kier alpha value is -1.81. The van der Waals surface area contributed by atoms with Gasteiger partial charge in [-0.25, -0.2) is 0 Å². The lowest BCUT2D eigenvalue weighted by molar-refractivity contribution is 0.414. The first-order valence-corrected chi connectivity index (χ1v) is 6.38. The van der Waals surface area contributed by atoms with Crippen molar-refractivity contribution in [3.8, 4) is 5.75 Å². The summed E-state index contributed by atoms with van der Waals surface area (Å²) in [5, 5.41) is 7.70. The molecule has 1 aromatic carbocycles. The van der Waals surface area contributed by atoms with Crippen LogP contribution >= 0.6 is 0 Å². The largest absolute Gasteiger partial charge is 0.497 e. The molecule has 1 heterocycles. The first-order valence-electron chi connectivity index (χ1n) is 6.38. The number of aromatic nitrogens is 2. The van der Waals surface area contributed by atoms with E-state index in [-0.39, 0.29) is 6.04 Å². The van der Waals surface area contributed by atoms with E-state index in [9.17, 15) is 0 Å². The third kappa shape index (κ3) is 2.49. The van der Waals surface area contributed by atoms with Crippen LogP contribution in [0, 0.1) is 13.8 Å². The van der Waals surface area contributed by atoms with E-state index < -0.39 is 0 Å². The molecule has 0 aliphatic heterocycles. The number of nitrogens with one attached hydrogen (secondary N) is 1. The van der Waals surface area contributed by atoms with Crippen molar-refractivity contribution in [2.45, 2.75) is 19.9 Å². The van der Waals surface area contributed by atoms with Crippen LogP contribution in [-0.4, -0.2) is 23.9 Å². The molecule has 4 nitrogen and oxygen atoms in total. The summed E-state index contributed by atoms with van der Waals surface area (Å²) in [5.74, 6) is 0.888. The zero-order chi connectivity index (χ0) is 14.0. The SMILES string of the molecule is CNC(c1ccc(OC)cc1C)c1cnn(C)c1C. The molecule has 102 valence electrons. The van der Waals surface area contributed by atoms with Gasteiger partial charge in [-0.05, 0) is 44.2 Å². The van der Waals surface area contributed by atoms with Gasteiger partial charge in [0.05, 0.1) is 19.3 Å². The Labute approximate surface area is 114 Å². The van der Waals surface area contributed by atoms with Crippen LogP contribution in [0.3, 0.4) is 0 Å². The molecule has 1 atom stereocenters. The molecule has 0 fully saturated rings. The molecule has 4 heteroatoms. The van der Waals surface area contributed by atoms with Crippen molar-refractivity contribution >= 4 is 0 Å². The maximum Gasteiger partial charge on any atom is 0.119 e. The van der Waals surface area contributed by atoms with Crippen LogP contribution in [0.25, 0.3) is 0 Å². The van der Waals surface area contributed by atoms with E-state index in [4.69, 9.17) is 4.74 Å². The number of aryl methyl sites for hydroxylation is 2. The molecule has 0 aliphatic rings. The summed E-state index contributed by atoms with van der Waals surface area (Å²) in [6.07, 6.45) is 1.93. The van der Waals surface area contributed by atoms with E-state index in [1.54, 1.807) is 7.11 Å². The van der Waals surface area contributed by atoms with Gasteiger partial charge in [0.1, 0.15) is 5.75 Å². The number of hydrogen-bond acceptors (Lipinski definition) is 3. The van der Waals surface area contributed by atoms with E-state index >= 15 is 0 Å². The fourth-order valence-corrected chi connectivity index (χ4v) is 2.38. The molecule has 0 bridgehead atoms. The van der Waals surface area contributed by atoms with E-state index in [0.717, 1.165) is 5.75 Å². The molecule has 2 rings (SSSR count). The summed E-state index contributed by atoms with van der Waals surface area (Å²) in [7, 11) is 5.63. The average molecular weight is 259 g/mol. The van der Waals surface area contributed by atoms with Gasteiger partial charge < -0.3 is 10.1 Å². The molecule has 0 amide bonds. The van der Waals surface area contributed by atoms with E-state index in [0.29, 0.717) is 0 Å². The highest BCUT2D eigenvalue weighted by Gasteiger charge is 2.18. The lowest BCUT2D eigenvalue weighted by Gasteiger charge is -2.19. The van der Waals surface area contributed by atoms with E-state index in [1.807, 2.05) is 31.0 Å². The normalized spacial score (nSPS) is 12.5. The average Bonchev–Trinajstić information content (AvgIpc) is 2.73. The molecular weight excluding hydrogens is 238 g/mol. The number of methoxy groups -OCH3 is 1. The van der Waals surface area contributed by atoms with Gasteiger partial charge in [-0.15, -0.1) is 0 Å². The van der Waals surface area contributed by atoms with Gasteiger partial charge in [-0.3, -0.25) is 4.68 Å². The Kier molecular flexibility index (Phi) is 3.90. The first kappa shape index (κ1) is 13.6. The van der Waals surface area contributed by atoms with Crippen LogP contribution in [-0.2, 0) is 7.05 Å². The molecule has 0 saturated carbocycles. The minimum Gasteiger partial charge on any atom is -0.497 e. The van der Waals surface area contributed by atoms with Crippen LogP contribution in [0.4, 0.5) is 0 Å². The second-order valence-electron chi connectivity index (χ2n) is 4.75. The Balaban J connectivity index is 2.45. The fraction of sp³-hybridized carbons (Fsp3) is 0.400. The minimum atomic E-state index is 0.152. The molecule has 1 N–H and O–H groups in total. The topological polar surface area (TPSA) is 39.1 Å². The second kappa shape index (κ2) is 5.45. The first-order chi connectivity index (χ1) is 9.08. The van der Waals surface area contributed by atoms with Gasteiger partial charge in [0.2, 0.25) is 0 Å². The second-order valence-corrected chi connectivity index (χ2v) is 4.75. The van der Waals surface area contributed by atoms with Crippen LogP contribution in [0.15, 0.2) is 24.4 Å². The quantitative estimate of drug-likeness (QED) is 0.916. The van der Waals surface area contributed by atoms with Crippen molar-refractivity contribution < 1.29 is 4.74 Å². The highest BCUT2D eigenvalue weighted by atomic mass is 16.5. The molecule has 1 aromatic heterocycles. The lowest BCUT2D eigenvalue weighted by atomic mass is 9.95. The summed E-state index contributed by atoms with van der Waals surface area (Å²) in [4.78, 5) is 0. The van der Waals surface area contributed by atoms with Crippen molar-refractivity contribution in [1.29, 1.82) is 0 Å². The minimum absolute atomic E-state index is 0.152. The Morgan fingerprint density at radius 1 is 1.26 bits per heavy atom. The number of ether oxygens (including phenoxy) is 1. The zero-order valence-electron chi connectivity index (χ0n) is 12.2. The Bertz CT molecular complexity index is 575. The summed E-state index contributed by atoms with van der Waals surface area (Å²) < 4.78 is 7.16. The number of nitrogens with zero attached hydrogens (tertiary/aromatic N) is 2. The molecule has 0 spiro atoms. The summed E-state index contributed by atoms with van der Waals surface area (Å²) in [6, 6.07) is 6.32. The molecule has 0 saturated heterocycles. The van der Waals surface area contributed by atoms with Gasteiger partial charge in [-0.2, -0.15) is 5.10 Å². The number of rotatable bonds is 4. The number of benzene rings is 1. The van der Waals surface area contributed by atoms with Crippen molar-refractivity contribution in [1.82, 2.24) is 15.1 Å². The molecular formula is C15H21N3O. The predicted molar refractivity (Wildman–Crippen MR) is 76.6 cm³/mol. The van der Waals surface area contributed by atoms with Crippen LogP contribution in [0.2, 0.25) is 0 Å². The van der Waals surface area contributed by atoms with Gasteiger partial charge in [0.25, 0.3) is 0 Å². The lowest BCUT2D eigenvalue weighted by Crippen LogP contribution is -2.19. The molecule has 2 aromatic rings. The van der Waals surface area contributed by atoms with Gasteiger partial charge >= 0.3 is 0 Å². The standard InChI is InChI=1S/C15H21N3O/c1-10-8-12(19-5)6-7-13(10)15(16-3)14-9-17-18(4)11(14)2/h6-9,15-16H,1-5H3. The highest BCUT2D eigenvalue weighted by molar-refractivity contribution is 5.41. The molecule has 1 unspecified atom stereocenters. The highest BCUT2D eigenvalue weighted by Crippen LogP contribution is 2.28. The van der Waals surface area contributed by atoms with Crippen LogP contribution in [0.5, 0.6) is 5.75 Å². The summed E-state index contributed by atoms with van der Waals surface area (Å²) in [5.41, 5.74) is 4.84. The third-order valence-electron chi connectivity index (χ3n) is 3.66. The predicted octanol–water partition coefficient (Wildman–Crippen LogP) is 2.35. The maximum absolute atomic E-state index is 5.26. The molecule has 19 heavy (non-hydrogen) atoms. The fourth-order valence-electron chi connectivity index (χ4n) is 2.38. The number of hydrogen-bond donors (Lipinski definition) is 1. The van der Waals surface area contributed by atoms with E-state index in [2.05, 4.69) is 36.4 Å². The molecule has 0 aliphatic carbocycles. The smallest absolute Gasteiger partial charge is 0.119 e. The van der Waals surface area contributed by atoms with Crippen molar-refractivity contribution in [2.24, 2.45) is 7.05 Å². The van der Waals surface area contributed by atoms with Crippen molar-refractivity contribution in [3.05, 3.63) is 46.8 Å². The van der Waals surface area contributed by atoms with E-state index in [1.165, 1.54) is 22.4 Å². The summed E-state index contributed by atoms with van der Waals surface area (Å²) >= 11 is 0. The van der Waals surface area contributed by atoms with Gasteiger partial charge in [0, 0.05) is 18.3 Å². The van der Waals surface area contributed by atoms with Crippen molar-refractivity contribution in [3.63, 3.8) is 0 Å². The van der Waals surface area contributed by atoms with Crippen LogP contribution < -0.4 is 10.1 Å². The monoisotopic (exact) mass is 259 g/mol. The third-order valence-corrected chi connectivity index (χ3v) is 3.66.